The van der Waals surface area contributed by atoms with E-state index >= 15 is 0 Å². The van der Waals surface area contributed by atoms with Crippen molar-refractivity contribution in [3.63, 3.8) is 0 Å². The fraction of sp³-hybridized carbons (Fsp3) is 0.115. The molecule has 1 N–H and O–H groups in total. The van der Waals surface area contributed by atoms with Crippen molar-refractivity contribution in [1.82, 2.24) is 9.99 Å². The lowest BCUT2D eigenvalue weighted by Crippen LogP contribution is -2.24. The summed E-state index contributed by atoms with van der Waals surface area (Å²) in [6, 6.07) is 19.7. The lowest BCUT2D eigenvalue weighted by Gasteiger charge is -2.21. The highest BCUT2D eigenvalue weighted by atomic mass is 35.5. The van der Waals surface area contributed by atoms with Crippen molar-refractivity contribution in [3.05, 3.63) is 103 Å². The van der Waals surface area contributed by atoms with Crippen LogP contribution in [0.15, 0.2) is 76.6 Å². The molecular weight excluding hydrogens is 493 g/mol. The van der Waals surface area contributed by atoms with Gasteiger partial charge in [0, 0.05) is 34.8 Å². The second kappa shape index (κ2) is 8.91. The first-order valence-electron chi connectivity index (χ1n) is 10.6. The highest BCUT2D eigenvalue weighted by Gasteiger charge is 2.35. The number of carbonyl (C=O) groups is 1. The van der Waals surface area contributed by atoms with Crippen molar-refractivity contribution in [2.45, 2.75) is 19.4 Å². The van der Waals surface area contributed by atoms with Gasteiger partial charge in [0.15, 0.2) is 0 Å². The number of nitrogens with one attached hydrogen (secondary N) is 1. The predicted molar refractivity (Wildman–Crippen MR) is 138 cm³/mol. The van der Waals surface area contributed by atoms with E-state index in [-0.39, 0.29) is 11.5 Å². The standard InChI is InChI=1S/C26H18Cl3N3O2/c1-14(33)32-22(17-8-5-9-19(28)25(17)29)13-21(31-32)24-23(15-6-3-2-4-7-15)18-12-16(27)10-11-20(18)30-26(24)34/h2-12,22H,13H2,1H3,(H,30,34)/t22-/m1/s1. The van der Waals surface area contributed by atoms with Gasteiger partial charge in [-0.25, -0.2) is 5.01 Å². The van der Waals surface area contributed by atoms with Crippen molar-refractivity contribution < 1.29 is 4.79 Å². The Kier molecular flexibility index (Phi) is 5.94. The molecule has 0 saturated carbocycles. The smallest absolute Gasteiger partial charge is 0.258 e. The number of benzene rings is 3. The number of carbonyl (C=O) groups excluding carboxylic acids is 1. The normalized spacial score (nSPS) is 15.6. The Hall–Kier alpha value is -3.12. The molecular formula is C26H18Cl3N3O2. The molecule has 5 nitrogen and oxygen atoms in total. The molecule has 4 aromatic rings. The zero-order valence-electron chi connectivity index (χ0n) is 18.0. The van der Waals surface area contributed by atoms with Crippen molar-refractivity contribution in [2.24, 2.45) is 5.10 Å². The average Bonchev–Trinajstić information content (AvgIpc) is 3.26. The third-order valence-corrected chi connectivity index (χ3v) is 6.97. The first-order valence-corrected chi connectivity index (χ1v) is 11.7. The molecule has 0 radical (unpaired) electrons. The number of rotatable bonds is 3. The summed E-state index contributed by atoms with van der Waals surface area (Å²) in [6.07, 6.45) is 0.300. The van der Waals surface area contributed by atoms with Gasteiger partial charge in [-0.1, -0.05) is 77.3 Å². The maximum Gasteiger partial charge on any atom is 0.258 e. The van der Waals surface area contributed by atoms with Gasteiger partial charge in [0.05, 0.1) is 27.4 Å². The first kappa shape index (κ1) is 22.7. The number of nitrogens with zero attached hydrogens (tertiary/aromatic N) is 2. The lowest BCUT2D eigenvalue weighted by atomic mass is 9.91. The summed E-state index contributed by atoms with van der Waals surface area (Å²) in [6.45, 7) is 1.43. The van der Waals surface area contributed by atoms with Gasteiger partial charge in [0.2, 0.25) is 5.91 Å². The maximum absolute atomic E-state index is 13.4. The molecule has 5 rings (SSSR count). The highest BCUT2D eigenvalue weighted by Crippen LogP contribution is 2.40. The second-order valence-corrected chi connectivity index (χ2v) is 9.25. The van der Waals surface area contributed by atoms with E-state index in [2.05, 4.69) is 10.1 Å². The summed E-state index contributed by atoms with van der Waals surface area (Å²) in [4.78, 5) is 28.9. The number of aromatic nitrogens is 1. The minimum absolute atomic E-state index is 0.266. The third-order valence-electron chi connectivity index (χ3n) is 5.90. The van der Waals surface area contributed by atoms with Crippen LogP contribution >= 0.6 is 34.8 Å². The van der Waals surface area contributed by atoms with Crippen LogP contribution in [0.1, 0.15) is 30.5 Å². The van der Waals surface area contributed by atoms with E-state index < -0.39 is 6.04 Å². The average molecular weight is 511 g/mol. The van der Waals surface area contributed by atoms with Gasteiger partial charge >= 0.3 is 0 Å². The molecule has 8 heteroatoms. The number of H-pyrrole nitrogens is 1. The van der Waals surface area contributed by atoms with Crippen LogP contribution in [0.25, 0.3) is 22.0 Å². The quantitative estimate of drug-likeness (QED) is 0.327. The van der Waals surface area contributed by atoms with E-state index in [4.69, 9.17) is 34.8 Å². The molecule has 1 amide bonds. The molecule has 1 aliphatic rings. The minimum atomic E-state index is -0.489. The summed E-state index contributed by atoms with van der Waals surface area (Å²) in [7, 11) is 0. The van der Waals surface area contributed by atoms with Crippen LogP contribution in [0.3, 0.4) is 0 Å². The Morgan fingerprint density at radius 2 is 1.76 bits per heavy atom. The first-order chi connectivity index (χ1) is 16.3. The monoisotopic (exact) mass is 509 g/mol. The summed E-state index contributed by atoms with van der Waals surface area (Å²) in [5, 5.41) is 8.05. The molecule has 1 aliphatic heterocycles. The molecule has 0 saturated heterocycles. The van der Waals surface area contributed by atoms with E-state index in [1.807, 2.05) is 42.5 Å². The molecule has 0 aliphatic carbocycles. The summed E-state index contributed by atoms with van der Waals surface area (Å²) < 4.78 is 0. The van der Waals surface area contributed by atoms with Gasteiger partial charge in [-0.3, -0.25) is 9.59 Å². The Labute approximate surface area is 210 Å². The fourth-order valence-electron chi connectivity index (χ4n) is 4.42. The lowest BCUT2D eigenvalue weighted by molar-refractivity contribution is -0.130. The number of hydrogen-bond acceptors (Lipinski definition) is 3. The van der Waals surface area contributed by atoms with Crippen LogP contribution < -0.4 is 5.56 Å². The van der Waals surface area contributed by atoms with Gasteiger partial charge < -0.3 is 4.98 Å². The Balaban J connectivity index is 1.75. The maximum atomic E-state index is 13.4. The van der Waals surface area contributed by atoms with Gasteiger partial charge in [-0.05, 0) is 35.4 Å². The van der Waals surface area contributed by atoms with Crippen LogP contribution in [-0.2, 0) is 4.79 Å². The van der Waals surface area contributed by atoms with E-state index in [9.17, 15) is 9.59 Å². The number of amides is 1. The van der Waals surface area contributed by atoms with Gasteiger partial charge in [-0.15, -0.1) is 0 Å². The van der Waals surface area contributed by atoms with Crippen molar-refractivity contribution in [3.8, 4) is 11.1 Å². The van der Waals surface area contributed by atoms with Gasteiger partial charge in [0.25, 0.3) is 5.56 Å². The minimum Gasteiger partial charge on any atom is -0.321 e. The molecule has 170 valence electrons. The largest absolute Gasteiger partial charge is 0.321 e. The molecule has 0 unspecified atom stereocenters. The van der Waals surface area contributed by atoms with E-state index in [0.29, 0.717) is 49.4 Å². The van der Waals surface area contributed by atoms with E-state index in [0.717, 1.165) is 10.9 Å². The predicted octanol–water partition coefficient (Wildman–Crippen LogP) is 6.85. The molecule has 34 heavy (non-hydrogen) atoms. The summed E-state index contributed by atoms with van der Waals surface area (Å²) in [5.74, 6) is -0.266. The molecule has 2 heterocycles. The van der Waals surface area contributed by atoms with Crippen molar-refractivity contribution in [2.75, 3.05) is 0 Å². The number of hydrazone groups is 1. The summed E-state index contributed by atoms with van der Waals surface area (Å²) >= 11 is 19.1. The number of fused-ring (bicyclic) bond motifs is 1. The number of aromatic amines is 1. The van der Waals surface area contributed by atoms with Crippen molar-refractivity contribution in [1.29, 1.82) is 0 Å². The topological polar surface area (TPSA) is 65.5 Å². The zero-order valence-corrected chi connectivity index (χ0v) is 20.2. The zero-order chi connectivity index (χ0) is 24.0. The van der Waals surface area contributed by atoms with Crippen molar-refractivity contribution >= 4 is 57.3 Å². The fourth-order valence-corrected chi connectivity index (χ4v) is 5.02. The van der Waals surface area contributed by atoms with E-state index in [1.165, 1.54) is 11.9 Å². The van der Waals surface area contributed by atoms with Crippen LogP contribution in [0, 0.1) is 0 Å². The third kappa shape index (κ3) is 3.90. The van der Waals surface area contributed by atoms with Crippen LogP contribution in [0.4, 0.5) is 0 Å². The molecule has 0 bridgehead atoms. The van der Waals surface area contributed by atoms with Crippen LogP contribution in [0.5, 0.6) is 0 Å². The molecule has 1 aromatic heterocycles. The SMILES string of the molecule is CC(=O)N1N=C(c2c(-c3ccccc3)c3cc(Cl)ccc3[nH]c2=O)C[C@@H]1c1cccc(Cl)c1Cl. The molecule has 0 fully saturated rings. The Morgan fingerprint density at radius 3 is 2.50 bits per heavy atom. The molecule has 1 atom stereocenters. The van der Waals surface area contributed by atoms with Gasteiger partial charge in [-0.2, -0.15) is 5.10 Å². The second-order valence-electron chi connectivity index (χ2n) is 8.03. The van der Waals surface area contributed by atoms with Gasteiger partial charge in [0.1, 0.15) is 0 Å². The Morgan fingerprint density at radius 1 is 1.00 bits per heavy atom. The summed E-state index contributed by atoms with van der Waals surface area (Å²) in [5.41, 5.74) is 3.47. The van der Waals surface area contributed by atoms with Crippen LogP contribution in [0.2, 0.25) is 15.1 Å². The number of hydrogen-bond donors (Lipinski definition) is 1. The highest BCUT2D eigenvalue weighted by molar-refractivity contribution is 6.42. The Bertz CT molecular complexity index is 1530. The molecule has 0 spiro atoms. The van der Waals surface area contributed by atoms with Crippen LogP contribution in [-0.4, -0.2) is 21.6 Å². The van der Waals surface area contributed by atoms with E-state index in [1.54, 1.807) is 24.3 Å². The number of pyridine rings is 1. The number of halogens is 3. The molecule has 3 aromatic carbocycles.